The van der Waals surface area contributed by atoms with Crippen LogP contribution in [0, 0.1) is 0 Å². The van der Waals surface area contributed by atoms with Crippen molar-refractivity contribution in [2.75, 3.05) is 0 Å². The van der Waals surface area contributed by atoms with Crippen LogP contribution in [0.3, 0.4) is 0 Å². The summed E-state index contributed by atoms with van der Waals surface area (Å²) in [5.41, 5.74) is 0. The van der Waals surface area contributed by atoms with E-state index in [2.05, 4.69) is 55.4 Å². The molecule has 0 aliphatic rings. The Morgan fingerprint density at radius 2 is 0.345 bits per heavy atom. The summed E-state index contributed by atoms with van der Waals surface area (Å²) in [5, 5.41) is 0. The highest BCUT2D eigenvalue weighted by Gasteiger charge is 1.91. The Labute approximate surface area is 220 Å². The number of hydrogen-bond donors (Lipinski definition) is 0. The molecule has 0 unspecified atom stereocenters. The molecule has 0 spiro atoms. The van der Waals surface area contributed by atoms with Crippen LogP contribution in [-0.2, 0) is 0 Å². The van der Waals surface area contributed by atoms with E-state index in [1.807, 2.05) is 0 Å². The maximum atomic E-state index is 2.29. The molecule has 29 heavy (non-hydrogen) atoms. The first kappa shape index (κ1) is 48.0. The fourth-order valence-electron chi connectivity index (χ4n) is 1.91. The zero-order valence-electron chi connectivity index (χ0n) is 22.0. The second-order valence-corrected chi connectivity index (χ2v) is 7.54. The second kappa shape index (κ2) is 63.0. The minimum absolute atomic E-state index is 0. The van der Waals surface area contributed by atoms with Gasteiger partial charge in [0.15, 0.2) is 0 Å². The van der Waals surface area contributed by atoms with Gasteiger partial charge >= 0.3 is 0 Å². The maximum absolute atomic E-state index is 2.29. The first-order chi connectivity index (χ1) is 12.7. The SMILES string of the molecule is Br.Br.Br.CCCC.CCCC.CCCC.CCCCCCCCCCCCCC. The lowest BCUT2D eigenvalue weighted by atomic mass is 10.1. The van der Waals surface area contributed by atoms with Gasteiger partial charge in [-0.05, 0) is 0 Å². The van der Waals surface area contributed by atoms with Crippen LogP contribution in [0.1, 0.15) is 171 Å². The smallest absolute Gasteiger partial charge is 0.0533 e. The van der Waals surface area contributed by atoms with Gasteiger partial charge in [0.2, 0.25) is 0 Å². The summed E-state index contributed by atoms with van der Waals surface area (Å²) in [6.07, 6.45) is 25.3. The summed E-state index contributed by atoms with van der Waals surface area (Å²) < 4.78 is 0. The quantitative estimate of drug-likeness (QED) is 0.171. The molecule has 0 saturated heterocycles. The van der Waals surface area contributed by atoms with Crippen LogP contribution in [0.15, 0.2) is 0 Å². The number of rotatable bonds is 14. The summed E-state index contributed by atoms with van der Waals surface area (Å²) in [4.78, 5) is 0. The zero-order valence-corrected chi connectivity index (χ0v) is 27.1. The Balaban J connectivity index is -0.0000000540. The van der Waals surface area contributed by atoms with Gasteiger partial charge in [-0.1, -0.05) is 171 Å². The Kier molecular flexibility index (Phi) is 104. The van der Waals surface area contributed by atoms with E-state index in [9.17, 15) is 0 Å². The van der Waals surface area contributed by atoms with E-state index >= 15 is 0 Å². The summed E-state index contributed by atoms with van der Waals surface area (Å²) >= 11 is 0. The van der Waals surface area contributed by atoms with Gasteiger partial charge < -0.3 is 0 Å². The lowest BCUT2D eigenvalue weighted by Gasteiger charge is -2.01. The molecule has 0 atom stereocenters. The Hall–Kier alpha value is 1.44. The highest BCUT2D eigenvalue weighted by Crippen LogP contribution is 2.11. The molecule has 3 heteroatoms. The number of hydrogen-bond acceptors (Lipinski definition) is 0. The van der Waals surface area contributed by atoms with Crippen molar-refractivity contribution in [3.8, 4) is 0 Å². The molecule has 0 rings (SSSR count). The van der Waals surface area contributed by atoms with E-state index in [1.54, 1.807) is 0 Å². The summed E-state index contributed by atoms with van der Waals surface area (Å²) in [7, 11) is 0. The van der Waals surface area contributed by atoms with Gasteiger partial charge in [0.05, 0.1) is 0 Å². The predicted molar refractivity (Wildman–Crippen MR) is 159 cm³/mol. The first-order valence-corrected chi connectivity index (χ1v) is 12.7. The molecule has 0 bridgehead atoms. The van der Waals surface area contributed by atoms with Gasteiger partial charge in [-0.2, -0.15) is 0 Å². The molecule has 0 N–H and O–H groups in total. The maximum Gasteiger partial charge on any atom is -0.0533 e. The van der Waals surface area contributed by atoms with Crippen molar-refractivity contribution in [3.05, 3.63) is 0 Å². The third-order valence-corrected chi connectivity index (χ3v) is 4.46. The van der Waals surface area contributed by atoms with E-state index in [0.717, 1.165) is 0 Å². The van der Waals surface area contributed by atoms with Crippen molar-refractivity contribution in [1.82, 2.24) is 0 Å². The monoisotopic (exact) mass is 612 g/mol. The standard InChI is InChI=1S/C14H30.3C4H10.3BrH/c1-3-5-7-9-11-13-14-12-10-8-6-4-2;3*1-3-4-2;;;/h3-14H2,1-2H3;3*3-4H2,1-2H3;3*1H. The average Bonchev–Trinajstić information content (AvgIpc) is 2.70. The van der Waals surface area contributed by atoms with Crippen LogP contribution in [-0.4, -0.2) is 0 Å². The Bertz CT molecular complexity index is 137. The fourth-order valence-corrected chi connectivity index (χ4v) is 1.91. The largest absolute Gasteiger partial charge is 0.114 e. The number of halogens is 3. The molecule has 0 saturated carbocycles. The van der Waals surface area contributed by atoms with E-state index in [1.165, 1.54) is 116 Å². The van der Waals surface area contributed by atoms with Crippen LogP contribution in [0.5, 0.6) is 0 Å². The van der Waals surface area contributed by atoms with Crippen LogP contribution >= 0.6 is 50.9 Å². The van der Waals surface area contributed by atoms with Crippen molar-refractivity contribution in [2.45, 2.75) is 171 Å². The highest BCUT2D eigenvalue weighted by atomic mass is 79.9. The first-order valence-electron chi connectivity index (χ1n) is 12.7. The topological polar surface area (TPSA) is 0 Å². The molecule has 0 aliphatic heterocycles. The third kappa shape index (κ3) is 93.0. The summed E-state index contributed by atoms with van der Waals surface area (Å²) in [6.45, 7) is 17.7. The lowest BCUT2D eigenvalue weighted by Crippen LogP contribution is -1.81. The molecule has 0 aromatic carbocycles. The molecule has 188 valence electrons. The fraction of sp³-hybridized carbons (Fsp3) is 1.00. The molecule has 0 aromatic heterocycles. The van der Waals surface area contributed by atoms with E-state index in [0.29, 0.717) is 0 Å². The summed E-state index contributed by atoms with van der Waals surface area (Å²) in [6, 6.07) is 0. The van der Waals surface area contributed by atoms with Gasteiger partial charge in [-0.15, -0.1) is 50.9 Å². The van der Waals surface area contributed by atoms with Crippen LogP contribution in [0.2, 0.25) is 0 Å². The Morgan fingerprint density at radius 1 is 0.207 bits per heavy atom. The zero-order chi connectivity index (χ0) is 20.7. The van der Waals surface area contributed by atoms with Crippen LogP contribution in [0.25, 0.3) is 0 Å². The van der Waals surface area contributed by atoms with E-state index in [4.69, 9.17) is 0 Å². The molecule has 0 aliphatic carbocycles. The molecule has 0 radical (unpaired) electrons. The molecule has 0 nitrogen and oxygen atoms in total. The van der Waals surface area contributed by atoms with Crippen molar-refractivity contribution in [1.29, 1.82) is 0 Å². The minimum Gasteiger partial charge on any atom is -0.114 e. The van der Waals surface area contributed by atoms with Crippen LogP contribution < -0.4 is 0 Å². The highest BCUT2D eigenvalue weighted by molar-refractivity contribution is 8.93. The van der Waals surface area contributed by atoms with Crippen molar-refractivity contribution < 1.29 is 0 Å². The third-order valence-electron chi connectivity index (χ3n) is 4.46. The van der Waals surface area contributed by atoms with Crippen molar-refractivity contribution >= 4 is 50.9 Å². The molecular weight excluding hydrogens is 552 g/mol. The minimum atomic E-state index is 0. The molecule has 0 heterocycles. The van der Waals surface area contributed by atoms with Crippen LogP contribution in [0.4, 0.5) is 0 Å². The normalized spacial score (nSPS) is 8.28. The lowest BCUT2D eigenvalue weighted by molar-refractivity contribution is 0.548. The van der Waals surface area contributed by atoms with Gasteiger partial charge in [-0.25, -0.2) is 0 Å². The van der Waals surface area contributed by atoms with Gasteiger partial charge in [0.1, 0.15) is 0 Å². The molecule has 0 aromatic rings. The van der Waals surface area contributed by atoms with Gasteiger partial charge in [-0.3, -0.25) is 0 Å². The number of unbranched alkanes of at least 4 members (excludes halogenated alkanes) is 14. The van der Waals surface area contributed by atoms with Crippen molar-refractivity contribution in [3.63, 3.8) is 0 Å². The second-order valence-electron chi connectivity index (χ2n) is 7.54. The van der Waals surface area contributed by atoms with E-state index < -0.39 is 0 Å². The predicted octanol–water partition coefficient (Wildman–Crippen LogP) is 12.9. The summed E-state index contributed by atoms with van der Waals surface area (Å²) in [5.74, 6) is 0. The van der Waals surface area contributed by atoms with Crippen molar-refractivity contribution in [2.24, 2.45) is 0 Å². The molecule has 0 fully saturated rings. The Morgan fingerprint density at radius 3 is 0.448 bits per heavy atom. The van der Waals surface area contributed by atoms with E-state index in [-0.39, 0.29) is 50.9 Å². The van der Waals surface area contributed by atoms with Gasteiger partial charge in [0.25, 0.3) is 0 Å². The molecule has 0 amide bonds. The van der Waals surface area contributed by atoms with Gasteiger partial charge in [0, 0.05) is 0 Å². The molecular formula is C26H63Br3. The average molecular weight is 616 g/mol.